The van der Waals surface area contributed by atoms with Crippen LogP contribution in [-0.4, -0.2) is 22.7 Å². The first kappa shape index (κ1) is 16.3. The van der Waals surface area contributed by atoms with E-state index in [9.17, 15) is 9.90 Å². The lowest BCUT2D eigenvalue weighted by molar-refractivity contribution is -0.121. The molecular weight excluding hydrogens is 303 g/mol. The largest absolute Gasteiger partial charge is 0.377 e. The van der Waals surface area contributed by atoms with Crippen molar-refractivity contribution in [3.63, 3.8) is 0 Å². The topological polar surface area (TPSA) is 37.3 Å². The second-order valence-electron chi connectivity index (χ2n) is 9.06. The molecule has 0 aromatic carbocycles. The molecule has 4 aliphatic carbocycles. The van der Waals surface area contributed by atoms with Crippen LogP contribution in [0.15, 0.2) is 11.6 Å². The van der Waals surface area contributed by atoms with E-state index in [-0.39, 0.29) is 28.4 Å². The van der Waals surface area contributed by atoms with Gasteiger partial charge < -0.3 is 5.11 Å². The van der Waals surface area contributed by atoms with E-state index in [4.69, 9.17) is 6.42 Å². The summed E-state index contributed by atoms with van der Waals surface area (Å²) in [4.78, 5) is 11.8. The summed E-state index contributed by atoms with van der Waals surface area (Å²) >= 11 is 0. The molecule has 3 saturated carbocycles. The van der Waals surface area contributed by atoms with Crippen molar-refractivity contribution < 1.29 is 14.3 Å². The summed E-state index contributed by atoms with van der Waals surface area (Å²) in [6.07, 6.45) is 11.4. The molecule has 0 aliphatic heterocycles. The Morgan fingerprint density at radius 3 is 2.67 bits per heavy atom. The first-order chi connectivity index (χ1) is 11.2. The number of fused-ring (bicyclic) bond motifs is 5. The van der Waals surface area contributed by atoms with Gasteiger partial charge in [0, 0.05) is 11.8 Å². The molecule has 0 amide bonds. The van der Waals surface area contributed by atoms with E-state index < -0.39 is 11.8 Å². The predicted octanol–water partition coefficient (Wildman–Crippen LogP) is 3.83. The monoisotopic (exact) mass is 330 g/mol. The molecule has 4 rings (SSSR count). The van der Waals surface area contributed by atoms with Gasteiger partial charge in [-0.05, 0) is 73.3 Å². The molecule has 0 aromatic heterocycles. The van der Waals surface area contributed by atoms with Gasteiger partial charge in [0.2, 0.25) is 0 Å². The first-order valence-electron chi connectivity index (χ1n) is 9.34. The quantitative estimate of drug-likeness (QED) is 0.685. The van der Waals surface area contributed by atoms with Crippen LogP contribution in [0.3, 0.4) is 0 Å². The fraction of sp³-hybridized carbons (Fsp3) is 0.762. The predicted molar refractivity (Wildman–Crippen MR) is 90.8 cm³/mol. The minimum absolute atomic E-state index is 0.0757. The second-order valence-corrected chi connectivity index (χ2v) is 9.06. The number of carbonyl (C=O) groups excluding carboxylic acids is 1. The van der Waals surface area contributed by atoms with Gasteiger partial charge in [-0.2, -0.15) is 0 Å². The molecule has 0 radical (unpaired) electrons. The van der Waals surface area contributed by atoms with Gasteiger partial charge in [0.05, 0.1) is 0 Å². The fourth-order valence-corrected chi connectivity index (χ4v) is 6.81. The van der Waals surface area contributed by atoms with Crippen molar-refractivity contribution in [2.45, 2.75) is 70.6 Å². The molecule has 4 aliphatic rings. The zero-order valence-corrected chi connectivity index (χ0v) is 14.6. The summed E-state index contributed by atoms with van der Waals surface area (Å²) in [6, 6.07) is 0. The second kappa shape index (κ2) is 4.94. The zero-order valence-electron chi connectivity index (χ0n) is 14.6. The maximum absolute atomic E-state index is 15.0. The van der Waals surface area contributed by atoms with Crippen LogP contribution >= 0.6 is 0 Å². The van der Waals surface area contributed by atoms with Crippen molar-refractivity contribution in [1.29, 1.82) is 0 Å². The molecule has 7 atom stereocenters. The van der Waals surface area contributed by atoms with Crippen LogP contribution in [0.4, 0.5) is 4.39 Å². The van der Waals surface area contributed by atoms with Crippen LogP contribution in [-0.2, 0) is 4.79 Å². The minimum Gasteiger partial charge on any atom is -0.377 e. The van der Waals surface area contributed by atoms with Crippen molar-refractivity contribution in [3.05, 3.63) is 11.6 Å². The standard InChI is InChI=1S/C21H27FO2/c1-4-21(24)10-7-16-14-12-18(22)17-11-13(23)5-8-19(17,2)15(14)6-9-20(16,21)3/h1,11,14-16,18,24H,5-10,12H2,2-3H3/t14-,15+,16+,18?,19-,20+,21+/m1/s1. The number of rotatable bonds is 0. The molecule has 2 nitrogen and oxygen atoms in total. The van der Waals surface area contributed by atoms with Gasteiger partial charge >= 0.3 is 0 Å². The van der Waals surface area contributed by atoms with E-state index in [1.807, 2.05) is 0 Å². The Kier molecular flexibility index (Phi) is 3.37. The number of hydrogen-bond donors (Lipinski definition) is 1. The number of ketones is 1. The number of hydrogen-bond acceptors (Lipinski definition) is 2. The number of alkyl halides is 1. The van der Waals surface area contributed by atoms with Crippen molar-refractivity contribution >= 4 is 5.78 Å². The molecule has 130 valence electrons. The Hall–Kier alpha value is -1.14. The molecular formula is C21H27FO2. The Bertz CT molecular complexity index is 661. The van der Waals surface area contributed by atoms with E-state index in [1.54, 1.807) is 6.08 Å². The lowest BCUT2D eigenvalue weighted by atomic mass is 9.46. The average Bonchev–Trinajstić information content (AvgIpc) is 2.82. The molecule has 0 spiro atoms. The third kappa shape index (κ3) is 1.84. The summed E-state index contributed by atoms with van der Waals surface area (Å²) in [5, 5.41) is 11.0. The highest BCUT2D eigenvalue weighted by molar-refractivity contribution is 5.91. The van der Waals surface area contributed by atoms with Crippen LogP contribution < -0.4 is 0 Å². The van der Waals surface area contributed by atoms with Crippen molar-refractivity contribution in [3.8, 4) is 12.3 Å². The van der Waals surface area contributed by atoms with E-state index >= 15 is 4.39 Å². The van der Waals surface area contributed by atoms with Crippen LogP contribution in [0.5, 0.6) is 0 Å². The Balaban J connectivity index is 1.74. The number of allylic oxidation sites excluding steroid dienone is 1. The molecule has 3 fully saturated rings. The van der Waals surface area contributed by atoms with Gasteiger partial charge in [-0.3, -0.25) is 4.79 Å². The summed E-state index contributed by atoms with van der Waals surface area (Å²) in [5.41, 5.74) is -0.804. The van der Waals surface area contributed by atoms with Gasteiger partial charge in [-0.1, -0.05) is 19.8 Å². The van der Waals surface area contributed by atoms with Crippen LogP contribution in [0.1, 0.15) is 58.8 Å². The smallest absolute Gasteiger partial charge is 0.155 e. The maximum Gasteiger partial charge on any atom is 0.155 e. The lowest BCUT2D eigenvalue weighted by Gasteiger charge is -2.59. The molecule has 24 heavy (non-hydrogen) atoms. The van der Waals surface area contributed by atoms with Gasteiger partial charge in [-0.15, -0.1) is 6.42 Å². The number of aliphatic hydroxyl groups is 1. The molecule has 0 heterocycles. The van der Waals surface area contributed by atoms with Gasteiger partial charge in [-0.25, -0.2) is 4.39 Å². The SMILES string of the molecule is C#C[C@]1(O)CC[C@H]2[C@@H]3CC(F)C4=CC(=O)CC[C@]4(C)[C@H]3CC[C@@]21C. The minimum atomic E-state index is -1.05. The molecule has 0 bridgehead atoms. The van der Waals surface area contributed by atoms with E-state index in [0.29, 0.717) is 25.2 Å². The Morgan fingerprint density at radius 1 is 1.25 bits per heavy atom. The number of terminal acetylenes is 1. The molecule has 0 aromatic rings. The first-order valence-corrected chi connectivity index (χ1v) is 9.34. The lowest BCUT2D eigenvalue weighted by Crippen LogP contribution is -2.56. The third-order valence-corrected chi connectivity index (χ3v) is 8.33. The molecule has 1 N–H and O–H groups in total. The normalized spacial score (nSPS) is 53.5. The van der Waals surface area contributed by atoms with Crippen LogP contribution in [0.25, 0.3) is 0 Å². The van der Waals surface area contributed by atoms with Crippen LogP contribution in [0.2, 0.25) is 0 Å². The molecule has 3 heteroatoms. The van der Waals surface area contributed by atoms with Crippen molar-refractivity contribution in [1.82, 2.24) is 0 Å². The highest BCUT2D eigenvalue weighted by Gasteiger charge is 2.64. The molecule has 0 saturated heterocycles. The summed E-state index contributed by atoms with van der Waals surface area (Å²) < 4.78 is 15.0. The van der Waals surface area contributed by atoms with E-state index in [1.165, 1.54) is 0 Å². The van der Waals surface area contributed by atoms with E-state index in [2.05, 4.69) is 19.8 Å². The zero-order chi connectivity index (χ0) is 17.3. The highest BCUT2D eigenvalue weighted by atomic mass is 19.1. The third-order valence-electron chi connectivity index (χ3n) is 8.33. The summed E-state index contributed by atoms with van der Waals surface area (Å²) in [7, 11) is 0. The highest BCUT2D eigenvalue weighted by Crippen LogP contribution is 2.67. The van der Waals surface area contributed by atoms with Crippen LogP contribution in [0, 0.1) is 40.9 Å². The van der Waals surface area contributed by atoms with Crippen molar-refractivity contribution in [2.24, 2.45) is 28.6 Å². The number of carbonyl (C=O) groups is 1. The van der Waals surface area contributed by atoms with E-state index in [0.717, 1.165) is 31.3 Å². The van der Waals surface area contributed by atoms with Crippen molar-refractivity contribution in [2.75, 3.05) is 0 Å². The molecule has 1 unspecified atom stereocenters. The summed E-state index contributed by atoms with van der Waals surface area (Å²) in [6.45, 7) is 4.28. The summed E-state index contributed by atoms with van der Waals surface area (Å²) in [5.74, 6) is 3.69. The van der Waals surface area contributed by atoms with Gasteiger partial charge in [0.1, 0.15) is 11.8 Å². The fourth-order valence-electron chi connectivity index (χ4n) is 6.81. The Labute approximate surface area is 143 Å². The average molecular weight is 330 g/mol. The number of halogens is 1. The Morgan fingerprint density at radius 2 is 1.96 bits per heavy atom. The van der Waals surface area contributed by atoms with Gasteiger partial charge in [0.15, 0.2) is 5.78 Å². The maximum atomic E-state index is 15.0. The van der Waals surface area contributed by atoms with Gasteiger partial charge in [0.25, 0.3) is 0 Å².